The Bertz CT molecular complexity index is 479. The molecule has 1 aliphatic carbocycles. The molecule has 0 saturated heterocycles. The normalized spacial score (nSPS) is 34.7. The van der Waals surface area contributed by atoms with Gasteiger partial charge in [0.25, 0.3) is 0 Å². The van der Waals surface area contributed by atoms with Crippen molar-refractivity contribution >= 4 is 35.9 Å². The van der Waals surface area contributed by atoms with E-state index in [4.69, 9.17) is 13.8 Å². The van der Waals surface area contributed by atoms with E-state index in [0.29, 0.717) is 12.8 Å². The van der Waals surface area contributed by atoms with Crippen LogP contribution in [0.5, 0.6) is 0 Å². The molecule has 136 valence electrons. The molecule has 0 aliphatic heterocycles. The van der Waals surface area contributed by atoms with Gasteiger partial charge < -0.3 is 19.0 Å². The summed E-state index contributed by atoms with van der Waals surface area (Å²) >= 11 is 3.91. The third kappa shape index (κ3) is 6.80. The molecule has 7 atom stereocenters. The van der Waals surface area contributed by atoms with Gasteiger partial charge in [-0.15, -0.1) is 12.6 Å². The summed E-state index contributed by atoms with van der Waals surface area (Å²) in [5, 5.41) is 0. The molecule has 1 saturated carbocycles. The van der Waals surface area contributed by atoms with E-state index < -0.39 is 33.1 Å². The van der Waals surface area contributed by atoms with Crippen LogP contribution in [0, 0.1) is 5.92 Å². The van der Waals surface area contributed by atoms with Gasteiger partial charge in [0.05, 0.1) is 18.4 Å². The Hall–Kier alpha value is 0.635. The molecule has 0 aromatic rings. The van der Waals surface area contributed by atoms with Crippen LogP contribution in [0.1, 0.15) is 19.8 Å². The largest absolute Gasteiger partial charge is 0.473 e. The first kappa shape index (κ1) is 21.7. The van der Waals surface area contributed by atoms with Gasteiger partial charge >= 0.3 is 15.4 Å². The Morgan fingerprint density at radius 1 is 1.30 bits per heavy atom. The first-order valence-corrected chi connectivity index (χ1v) is 11.1. The van der Waals surface area contributed by atoms with Gasteiger partial charge in [-0.1, -0.05) is 0 Å². The summed E-state index contributed by atoms with van der Waals surface area (Å²) in [4.78, 5) is 19.3. The van der Waals surface area contributed by atoms with Crippen molar-refractivity contribution in [1.82, 2.24) is 0 Å². The van der Waals surface area contributed by atoms with Crippen molar-refractivity contribution in [3.8, 4) is 0 Å². The molecule has 1 fully saturated rings. The predicted molar refractivity (Wildman–Crippen MR) is 91.7 cm³/mol. The van der Waals surface area contributed by atoms with E-state index in [9.17, 15) is 18.9 Å². The molecule has 8 nitrogen and oxygen atoms in total. The van der Waals surface area contributed by atoms with E-state index in [2.05, 4.69) is 17.2 Å². The molecule has 0 heterocycles. The van der Waals surface area contributed by atoms with Gasteiger partial charge in [-0.25, -0.2) is 4.57 Å². The number of ether oxygens (including phenoxy) is 1. The molecule has 2 N–H and O–H groups in total. The average Bonchev–Trinajstić information content (AvgIpc) is 2.70. The Morgan fingerprint density at radius 3 is 2.39 bits per heavy atom. The van der Waals surface area contributed by atoms with Crippen molar-refractivity contribution in [2.45, 2.75) is 43.2 Å². The van der Waals surface area contributed by atoms with Gasteiger partial charge in [0, 0.05) is 14.2 Å². The lowest BCUT2D eigenvalue weighted by Gasteiger charge is -2.27. The highest BCUT2D eigenvalue weighted by atomic mass is 32.1. The van der Waals surface area contributed by atoms with Crippen LogP contribution in [0.25, 0.3) is 0 Å². The molecule has 23 heavy (non-hydrogen) atoms. The van der Waals surface area contributed by atoms with Crippen LogP contribution < -0.4 is 0 Å². The third-order valence-electron chi connectivity index (χ3n) is 3.90. The van der Waals surface area contributed by atoms with Crippen LogP contribution in [-0.4, -0.2) is 55.7 Å². The van der Waals surface area contributed by atoms with Gasteiger partial charge in [-0.2, -0.15) is 0 Å². The molecule has 0 radical (unpaired) electrons. The van der Waals surface area contributed by atoms with E-state index in [0.717, 1.165) is 0 Å². The lowest BCUT2D eigenvalue weighted by molar-refractivity contribution is -0.0139. The van der Waals surface area contributed by atoms with E-state index >= 15 is 0 Å². The highest BCUT2D eigenvalue weighted by molar-refractivity contribution is 7.81. The van der Waals surface area contributed by atoms with Gasteiger partial charge in [0.2, 0.25) is 0 Å². The van der Waals surface area contributed by atoms with Crippen LogP contribution in [-0.2, 0) is 27.4 Å². The number of rotatable bonds is 9. The third-order valence-corrected chi connectivity index (χ3v) is 6.66. The van der Waals surface area contributed by atoms with E-state index in [1.54, 1.807) is 0 Å². The molecule has 0 bridgehead atoms. The molecule has 0 spiro atoms. The highest BCUT2D eigenvalue weighted by Gasteiger charge is 2.46. The minimum Gasteiger partial charge on any atom is -0.379 e. The van der Waals surface area contributed by atoms with Crippen molar-refractivity contribution in [1.29, 1.82) is 0 Å². The predicted octanol–water partition coefficient (Wildman–Crippen LogP) is 1.44. The number of thiol groups is 1. The Morgan fingerprint density at radius 2 is 1.91 bits per heavy atom. The molecule has 2 unspecified atom stereocenters. The van der Waals surface area contributed by atoms with Crippen LogP contribution in [0.2, 0.25) is 5.82 Å². The van der Waals surface area contributed by atoms with E-state index in [1.165, 1.54) is 21.1 Å². The summed E-state index contributed by atoms with van der Waals surface area (Å²) in [7, 11) is -3.34. The Balaban J connectivity index is 2.83. The molecule has 0 amide bonds. The van der Waals surface area contributed by atoms with Crippen LogP contribution in [0.15, 0.2) is 0 Å². The van der Waals surface area contributed by atoms with Crippen LogP contribution in [0.4, 0.5) is 0 Å². The van der Waals surface area contributed by atoms with Crippen molar-refractivity contribution < 1.29 is 37.2 Å². The first-order valence-electron chi connectivity index (χ1n) is 7.29. The standard InChI is InChI=1S/C11H25BO8P2S/c1-7(23)19-22(15,16)20-10-8(4-5-21(13,14)18-3)6-9(12)11(10)17-2/h7-11,23H,4-6,12H2,1-3H3,(H,13,14)(H,15,16)/t7-,8-,9-,10+,11-/m0/s1. The molecule has 0 aromatic carbocycles. The summed E-state index contributed by atoms with van der Waals surface area (Å²) in [5.74, 6) is -0.145. The Labute approximate surface area is 143 Å². The Kier molecular flexibility index (Phi) is 8.32. The van der Waals surface area contributed by atoms with Gasteiger partial charge in [-0.3, -0.25) is 13.6 Å². The summed E-state index contributed by atoms with van der Waals surface area (Å²) in [6, 6.07) is 0. The lowest BCUT2D eigenvalue weighted by Crippen LogP contribution is -2.32. The second-order valence-electron chi connectivity index (χ2n) is 5.75. The maximum absolute atomic E-state index is 12.0. The fourth-order valence-electron chi connectivity index (χ4n) is 2.92. The average molecular weight is 390 g/mol. The molecule has 1 rings (SSSR count). The minimum absolute atomic E-state index is 0.0588. The number of phosphoric acid groups is 1. The smallest absolute Gasteiger partial charge is 0.379 e. The molecule has 12 heteroatoms. The highest BCUT2D eigenvalue weighted by Crippen LogP contribution is 2.53. The summed E-state index contributed by atoms with van der Waals surface area (Å²) in [5.41, 5.74) is -0.768. The molecule has 0 aromatic heterocycles. The van der Waals surface area contributed by atoms with Gasteiger partial charge in [0.1, 0.15) is 13.3 Å². The number of phosphoric ester groups is 1. The lowest BCUT2D eigenvalue weighted by atomic mass is 9.83. The second-order valence-corrected chi connectivity index (χ2v) is 9.92. The van der Waals surface area contributed by atoms with Crippen molar-refractivity contribution in [2.75, 3.05) is 20.4 Å². The monoisotopic (exact) mass is 390 g/mol. The van der Waals surface area contributed by atoms with Crippen LogP contribution in [0.3, 0.4) is 0 Å². The quantitative estimate of drug-likeness (QED) is 0.235. The maximum Gasteiger partial charge on any atom is 0.473 e. The minimum atomic E-state index is -4.30. The van der Waals surface area contributed by atoms with Gasteiger partial charge in [-0.05, 0) is 31.5 Å². The maximum atomic E-state index is 12.0. The number of hydrogen-bond acceptors (Lipinski definition) is 7. The summed E-state index contributed by atoms with van der Waals surface area (Å²) < 4.78 is 43.7. The number of hydrogen-bond donors (Lipinski definition) is 3. The van der Waals surface area contributed by atoms with E-state index in [-0.39, 0.29) is 17.9 Å². The fraction of sp³-hybridized carbons (Fsp3) is 1.00. The van der Waals surface area contributed by atoms with Crippen molar-refractivity contribution in [3.63, 3.8) is 0 Å². The zero-order valence-corrected chi connectivity index (χ0v) is 16.4. The zero-order valence-electron chi connectivity index (χ0n) is 13.7. The van der Waals surface area contributed by atoms with E-state index in [1.807, 2.05) is 7.85 Å². The van der Waals surface area contributed by atoms with Crippen LogP contribution >= 0.6 is 28.0 Å². The SMILES string of the molecule is B[C@H]1C[C@H](CCP(=O)(O)OC)[C@@H](OP(=O)(O)O[C@H](C)S)[C@H]1OC. The summed E-state index contributed by atoms with van der Waals surface area (Å²) in [6.07, 6.45) is -0.220. The second kappa shape index (κ2) is 8.83. The molecule has 1 aliphatic rings. The zero-order chi connectivity index (χ0) is 17.8. The first-order chi connectivity index (χ1) is 10.5. The van der Waals surface area contributed by atoms with Gasteiger partial charge in [0.15, 0.2) is 0 Å². The summed E-state index contributed by atoms with van der Waals surface area (Å²) in [6.45, 7) is 1.50. The van der Waals surface area contributed by atoms with Crippen molar-refractivity contribution in [3.05, 3.63) is 0 Å². The topological polar surface area (TPSA) is 112 Å². The molecular formula is C11H25BO8P2S. The number of methoxy groups -OCH3 is 1. The van der Waals surface area contributed by atoms with Crippen molar-refractivity contribution in [2.24, 2.45) is 5.92 Å². The fourth-order valence-corrected chi connectivity index (χ4v) is 5.16. The molecular weight excluding hydrogens is 365 g/mol.